The van der Waals surface area contributed by atoms with Gasteiger partial charge < -0.3 is 0 Å². The molecule has 1 saturated carbocycles. The largest absolute Gasteiger partial charge is 0.0945 e. The molecule has 1 aliphatic rings. The van der Waals surface area contributed by atoms with Crippen LogP contribution < -0.4 is 0 Å². The summed E-state index contributed by atoms with van der Waals surface area (Å²) in [6, 6.07) is 10.3. The average Bonchev–Trinajstić information content (AvgIpc) is 2.69. The summed E-state index contributed by atoms with van der Waals surface area (Å²) in [5.41, 5.74) is 1.15. The fourth-order valence-electron chi connectivity index (χ4n) is 1.78. The third-order valence-corrected chi connectivity index (χ3v) is 2.55. The van der Waals surface area contributed by atoms with Gasteiger partial charge >= 0.3 is 0 Å². The predicted molar refractivity (Wildman–Crippen MR) is 55.3 cm³/mol. The van der Waals surface area contributed by atoms with E-state index in [1.165, 1.54) is 25.7 Å². The summed E-state index contributed by atoms with van der Waals surface area (Å²) in [5, 5.41) is 0. The van der Waals surface area contributed by atoms with Crippen molar-refractivity contribution in [3.63, 3.8) is 0 Å². The summed E-state index contributed by atoms with van der Waals surface area (Å²) in [7, 11) is 0. The van der Waals surface area contributed by atoms with Gasteiger partial charge in [-0.25, -0.2) is 0 Å². The van der Waals surface area contributed by atoms with Gasteiger partial charge in [-0.15, -0.1) is 0 Å². The van der Waals surface area contributed by atoms with Crippen molar-refractivity contribution in [2.75, 3.05) is 0 Å². The molecule has 1 aromatic carbocycles. The standard InChI is InChI=1S/C13H14/c1-2-6-12(7-3-1)10-11-13-8-4-5-9-13/h1-3,6-7,13H,4-5,8-9H2. The normalized spacial score (nSPS) is 16.6. The molecule has 0 radical (unpaired) electrons. The van der Waals surface area contributed by atoms with Crippen molar-refractivity contribution in [2.45, 2.75) is 25.7 Å². The van der Waals surface area contributed by atoms with Crippen LogP contribution in [0.3, 0.4) is 0 Å². The maximum absolute atomic E-state index is 3.35. The first-order chi connectivity index (χ1) is 6.45. The maximum Gasteiger partial charge on any atom is 0.0245 e. The Morgan fingerprint density at radius 2 is 1.69 bits per heavy atom. The van der Waals surface area contributed by atoms with Gasteiger partial charge in [0, 0.05) is 11.5 Å². The molecule has 0 unspecified atom stereocenters. The lowest BCUT2D eigenvalue weighted by Gasteiger charge is -1.94. The van der Waals surface area contributed by atoms with Crippen molar-refractivity contribution in [1.82, 2.24) is 0 Å². The van der Waals surface area contributed by atoms with Gasteiger partial charge in [-0.05, 0) is 25.0 Å². The Morgan fingerprint density at radius 3 is 2.38 bits per heavy atom. The van der Waals surface area contributed by atoms with Gasteiger partial charge in [0.25, 0.3) is 0 Å². The monoisotopic (exact) mass is 170 g/mol. The number of hydrogen-bond acceptors (Lipinski definition) is 0. The second kappa shape index (κ2) is 4.14. The SMILES string of the molecule is C(#CC1CCCC1)c1ccccc1. The fourth-order valence-corrected chi connectivity index (χ4v) is 1.78. The van der Waals surface area contributed by atoms with E-state index in [4.69, 9.17) is 0 Å². The first-order valence-electron chi connectivity index (χ1n) is 5.02. The van der Waals surface area contributed by atoms with E-state index in [1.54, 1.807) is 0 Å². The molecule has 0 atom stereocenters. The molecule has 0 spiro atoms. The minimum Gasteiger partial charge on any atom is -0.0945 e. The van der Waals surface area contributed by atoms with Gasteiger partial charge in [0.05, 0.1) is 0 Å². The molecule has 0 bridgehead atoms. The minimum atomic E-state index is 0.667. The van der Waals surface area contributed by atoms with E-state index < -0.39 is 0 Å². The lowest BCUT2D eigenvalue weighted by molar-refractivity contribution is 0.712. The van der Waals surface area contributed by atoms with Crippen molar-refractivity contribution in [3.8, 4) is 11.8 Å². The Bertz CT molecular complexity index is 307. The Kier molecular flexibility index (Phi) is 2.67. The third-order valence-electron chi connectivity index (χ3n) is 2.55. The molecule has 0 N–H and O–H groups in total. The molecule has 1 fully saturated rings. The van der Waals surface area contributed by atoms with Gasteiger partial charge in [0.2, 0.25) is 0 Å². The summed E-state index contributed by atoms with van der Waals surface area (Å²) in [6.45, 7) is 0. The van der Waals surface area contributed by atoms with Crippen LogP contribution in [0.1, 0.15) is 31.2 Å². The van der Waals surface area contributed by atoms with Crippen LogP contribution >= 0.6 is 0 Å². The zero-order chi connectivity index (χ0) is 8.93. The molecule has 0 aromatic heterocycles. The summed E-state index contributed by atoms with van der Waals surface area (Å²) in [4.78, 5) is 0. The highest BCUT2D eigenvalue weighted by molar-refractivity contribution is 5.34. The van der Waals surface area contributed by atoms with Crippen LogP contribution in [0.4, 0.5) is 0 Å². The molecule has 1 aromatic rings. The lowest BCUT2D eigenvalue weighted by Crippen LogP contribution is -1.86. The van der Waals surface area contributed by atoms with Crippen molar-refractivity contribution >= 4 is 0 Å². The van der Waals surface area contributed by atoms with E-state index in [-0.39, 0.29) is 0 Å². The van der Waals surface area contributed by atoms with Crippen LogP contribution in [-0.4, -0.2) is 0 Å². The molecule has 1 aliphatic carbocycles. The van der Waals surface area contributed by atoms with E-state index >= 15 is 0 Å². The van der Waals surface area contributed by atoms with Gasteiger partial charge in [-0.2, -0.15) is 0 Å². The van der Waals surface area contributed by atoms with Crippen molar-refractivity contribution < 1.29 is 0 Å². The molecule has 0 amide bonds. The maximum atomic E-state index is 3.35. The molecule has 0 saturated heterocycles. The first-order valence-corrected chi connectivity index (χ1v) is 5.02. The zero-order valence-corrected chi connectivity index (χ0v) is 7.79. The van der Waals surface area contributed by atoms with Crippen molar-refractivity contribution in [3.05, 3.63) is 35.9 Å². The van der Waals surface area contributed by atoms with E-state index in [9.17, 15) is 0 Å². The smallest absolute Gasteiger partial charge is 0.0245 e. The lowest BCUT2D eigenvalue weighted by atomic mass is 10.1. The zero-order valence-electron chi connectivity index (χ0n) is 7.79. The number of rotatable bonds is 0. The summed E-state index contributed by atoms with van der Waals surface area (Å²) >= 11 is 0. The van der Waals surface area contributed by atoms with Crippen molar-refractivity contribution in [1.29, 1.82) is 0 Å². The topological polar surface area (TPSA) is 0 Å². The van der Waals surface area contributed by atoms with Gasteiger partial charge in [-0.1, -0.05) is 42.9 Å². The van der Waals surface area contributed by atoms with E-state index in [1.807, 2.05) is 18.2 Å². The molecule has 66 valence electrons. The summed E-state index contributed by atoms with van der Waals surface area (Å²) < 4.78 is 0. The number of benzene rings is 1. The molecular weight excluding hydrogens is 156 g/mol. The Morgan fingerprint density at radius 1 is 1.00 bits per heavy atom. The quantitative estimate of drug-likeness (QED) is 0.524. The Labute approximate surface area is 80.0 Å². The summed E-state index contributed by atoms with van der Waals surface area (Å²) in [5.74, 6) is 7.25. The third kappa shape index (κ3) is 2.36. The van der Waals surface area contributed by atoms with E-state index in [0.717, 1.165) is 5.56 Å². The molecule has 0 heteroatoms. The molecule has 0 aliphatic heterocycles. The molecule has 13 heavy (non-hydrogen) atoms. The molecule has 0 heterocycles. The van der Waals surface area contributed by atoms with Crippen molar-refractivity contribution in [2.24, 2.45) is 5.92 Å². The van der Waals surface area contributed by atoms with Crippen LogP contribution in [0.25, 0.3) is 0 Å². The fraction of sp³-hybridized carbons (Fsp3) is 0.385. The van der Waals surface area contributed by atoms with Crippen LogP contribution in [0, 0.1) is 17.8 Å². The first kappa shape index (κ1) is 8.38. The Hall–Kier alpha value is -1.22. The average molecular weight is 170 g/mol. The van der Waals surface area contributed by atoms with Gasteiger partial charge in [0.1, 0.15) is 0 Å². The molecule has 2 rings (SSSR count). The highest BCUT2D eigenvalue weighted by Gasteiger charge is 2.11. The van der Waals surface area contributed by atoms with Gasteiger partial charge in [-0.3, -0.25) is 0 Å². The molecule has 0 nitrogen and oxygen atoms in total. The highest BCUT2D eigenvalue weighted by atomic mass is 14.1. The predicted octanol–water partition coefficient (Wildman–Crippen LogP) is 3.23. The van der Waals surface area contributed by atoms with Crippen LogP contribution in [0.15, 0.2) is 30.3 Å². The van der Waals surface area contributed by atoms with E-state index in [0.29, 0.717) is 5.92 Å². The van der Waals surface area contributed by atoms with Gasteiger partial charge in [0.15, 0.2) is 0 Å². The summed E-state index contributed by atoms with van der Waals surface area (Å²) in [6.07, 6.45) is 5.35. The van der Waals surface area contributed by atoms with Crippen LogP contribution in [-0.2, 0) is 0 Å². The second-order valence-electron chi connectivity index (χ2n) is 3.62. The van der Waals surface area contributed by atoms with Crippen LogP contribution in [0.2, 0.25) is 0 Å². The highest BCUT2D eigenvalue weighted by Crippen LogP contribution is 2.23. The number of hydrogen-bond donors (Lipinski definition) is 0. The minimum absolute atomic E-state index is 0.667. The van der Waals surface area contributed by atoms with E-state index in [2.05, 4.69) is 24.0 Å². The van der Waals surface area contributed by atoms with Crippen LogP contribution in [0.5, 0.6) is 0 Å². The Balaban J connectivity index is 2.03. The molecular formula is C13H14. The second-order valence-corrected chi connectivity index (χ2v) is 3.62.